The molecule has 0 radical (unpaired) electrons. The van der Waals surface area contributed by atoms with E-state index in [4.69, 9.17) is 4.74 Å². The molecule has 0 unspecified atom stereocenters. The van der Waals surface area contributed by atoms with E-state index < -0.39 is 0 Å². The van der Waals surface area contributed by atoms with Crippen molar-refractivity contribution in [3.63, 3.8) is 0 Å². The maximum Gasteiger partial charge on any atom is 0.165 e. The summed E-state index contributed by atoms with van der Waals surface area (Å²) in [5.74, 6) is 1.35. The Balaban J connectivity index is 1.55. The SMILES string of the molecule is COc1c(F)cccc1[C@@H]1C[C@H]1NCC1CCNCC1. The molecule has 2 N–H and O–H groups in total. The summed E-state index contributed by atoms with van der Waals surface area (Å²) in [7, 11) is 1.54. The van der Waals surface area contributed by atoms with Crippen molar-refractivity contribution in [3.8, 4) is 5.75 Å². The van der Waals surface area contributed by atoms with E-state index in [-0.39, 0.29) is 5.82 Å². The molecule has 0 aromatic heterocycles. The Hall–Kier alpha value is -1.13. The Morgan fingerprint density at radius 3 is 2.90 bits per heavy atom. The zero-order valence-corrected chi connectivity index (χ0v) is 12.0. The first-order valence-electron chi connectivity index (χ1n) is 7.56. The average molecular weight is 278 g/mol. The normalized spacial score (nSPS) is 26.5. The van der Waals surface area contributed by atoms with Gasteiger partial charge in [0.15, 0.2) is 11.6 Å². The smallest absolute Gasteiger partial charge is 0.165 e. The summed E-state index contributed by atoms with van der Waals surface area (Å²) in [6, 6.07) is 5.71. The van der Waals surface area contributed by atoms with Gasteiger partial charge in [0.05, 0.1) is 7.11 Å². The van der Waals surface area contributed by atoms with Crippen molar-refractivity contribution in [1.29, 1.82) is 0 Å². The number of piperidine rings is 1. The number of nitrogens with one attached hydrogen (secondary N) is 2. The van der Waals surface area contributed by atoms with Gasteiger partial charge in [-0.1, -0.05) is 12.1 Å². The lowest BCUT2D eigenvalue weighted by Gasteiger charge is -2.23. The van der Waals surface area contributed by atoms with Crippen molar-refractivity contribution in [1.82, 2.24) is 10.6 Å². The highest BCUT2D eigenvalue weighted by Crippen LogP contribution is 2.45. The first-order valence-corrected chi connectivity index (χ1v) is 7.56. The van der Waals surface area contributed by atoms with Gasteiger partial charge in [-0.15, -0.1) is 0 Å². The van der Waals surface area contributed by atoms with E-state index in [1.807, 2.05) is 6.07 Å². The summed E-state index contributed by atoms with van der Waals surface area (Å²) in [4.78, 5) is 0. The van der Waals surface area contributed by atoms with E-state index >= 15 is 0 Å². The van der Waals surface area contributed by atoms with Gasteiger partial charge < -0.3 is 15.4 Å². The van der Waals surface area contributed by atoms with E-state index in [1.54, 1.807) is 13.2 Å². The van der Waals surface area contributed by atoms with Crippen molar-refractivity contribution in [2.45, 2.75) is 31.2 Å². The molecule has 2 atom stereocenters. The number of ether oxygens (including phenoxy) is 1. The van der Waals surface area contributed by atoms with Gasteiger partial charge in [0.1, 0.15) is 0 Å². The molecule has 1 aliphatic heterocycles. The van der Waals surface area contributed by atoms with Crippen molar-refractivity contribution in [2.75, 3.05) is 26.7 Å². The second-order valence-electron chi connectivity index (χ2n) is 5.91. The lowest BCUT2D eigenvalue weighted by molar-refractivity contribution is 0.354. The van der Waals surface area contributed by atoms with Crippen LogP contribution in [0.25, 0.3) is 0 Å². The Kier molecular flexibility index (Phi) is 4.22. The topological polar surface area (TPSA) is 33.3 Å². The monoisotopic (exact) mass is 278 g/mol. The van der Waals surface area contributed by atoms with E-state index in [9.17, 15) is 4.39 Å². The zero-order chi connectivity index (χ0) is 13.9. The third kappa shape index (κ3) is 2.96. The number of benzene rings is 1. The Morgan fingerprint density at radius 2 is 2.15 bits per heavy atom. The number of methoxy groups -OCH3 is 1. The predicted octanol–water partition coefficient (Wildman–Crippen LogP) is 2.28. The van der Waals surface area contributed by atoms with E-state index in [0.717, 1.165) is 37.5 Å². The van der Waals surface area contributed by atoms with Crippen LogP contribution < -0.4 is 15.4 Å². The Labute approximate surface area is 119 Å². The largest absolute Gasteiger partial charge is 0.493 e. The van der Waals surface area contributed by atoms with Crippen molar-refractivity contribution >= 4 is 0 Å². The molecular weight excluding hydrogens is 255 g/mol. The molecule has 1 aromatic rings. The zero-order valence-electron chi connectivity index (χ0n) is 12.0. The maximum atomic E-state index is 13.7. The van der Waals surface area contributed by atoms with Crippen LogP contribution in [-0.4, -0.2) is 32.8 Å². The number of hydrogen-bond acceptors (Lipinski definition) is 3. The van der Waals surface area contributed by atoms with Crippen LogP contribution in [0, 0.1) is 11.7 Å². The van der Waals surface area contributed by atoms with E-state index in [1.165, 1.54) is 18.9 Å². The standard InChI is InChI=1S/C16H23FN2O/c1-20-16-12(3-2-4-14(16)17)13-9-15(13)19-10-11-5-7-18-8-6-11/h2-4,11,13,15,18-19H,5-10H2,1H3/t13-,15+/m0/s1. The molecule has 1 aliphatic carbocycles. The van der Waals surface area contributed by atoms with Crippen molar-refractivity contribution in [2.24, 2.45) is 5.92 Å². The molecule has 1 heterocycles. The summed E-state index contributed by atoms with van der Waals surface area (Å²) in [6.45, 7) is 3.36. The summed E-state index contributed by atoms with van der Waals surface area (Å²) in [5, 5.41) is 7.03. The van der Waals surface area contributed by atoms with Gasteiger partial charge >= 0.3 is 0 Å². The molecule has 1 saturated heterocycles. The van der Waals surface area contributed by atoms with Gasteiger partial charge in [0.2, 0.25) is 0 Å². The highest BCUT2D eigenvalue weighted by atomic mass is 19.1. The molecule has 4 heteroatoms. The van der Waals surface area contributed by atoms with Crippen LogP contribution in [0.4, 0.5) is 4.39 Å². The van der Waals surface area contributed by atoms with E-state index in [2.05, 4.69) is 10.6 Å². The fraction of sp³-hybridized carbons (Fsp3) is 0.625. The number of halogens is 1. The highest BCUT2D eigenvalue weighted by Gasteiger charge is 2.40. The number of hydrogen-bond donors (Lipinski definition) is 2. The van der Waals surface area contributed by atoms with Gasteiger partial charge in [-0.05, 0) is 50.9 Å². The van der Waals surface area contributed by atoms with Crippen LogP contribution in [-0.2, 0) is 0 Å². The Morgan fingerprint density at radius 1 is 1.35 bits per heavy atom. The summed E-state index contributed by atoms with van der Waals surface area (Å²) < 4.78 is 18.9. The van der Waals surface area contributed by atoms with Crippen LogP contribution in [0.5, 0.6) is 5.75 Å². The fourth-order valence-corrected chi connectivity index (χ4v) is 3.20. The second-order valence-corrected chi connectivity index (χ2v) is 5.91. The molecule has 20 heavy (non-hydrogen) atoms. The van der Waals surface area contributed by atoms with Gasteiger partial charge in [0.25, 0.3) is 0 Å². The summed E-state index contributed by atoms with van der Waals surface area (Å²) >= 11 is 0. The summed E-state index contributed by atoms with van der Waals surface area (Å²) in [5.41, 5.74) is 1.01. The summed E-state index contributed by atoms with van der Waals surface area (Å²) in [6.07, 6.45) is 3.60. The number of rotatable bonds is 5. The van der Waals surface area contributed by atoms with Gasteiger partial charge in [-0.3, -0.25) is 0 Å². The van der Waals surface area contributed by atoms with Crippen LogP contribution in [0.15, 0.2) is 18.2 Å². The molecule has 0 spiro atoms. The van der Waals surface area contributed by atoms with Crippen LogP contribution in [0.2, 0.25) is 0 Å². The van der Waals surface area contributed by atoms with Gasteiger partial charge in [-0.2, -0.15) is 0 Å². The predicted molar refractivity (Wildman–Crippen MR) is 77.7 cm³/mol. The van der Waals surface area contributed by atoms with Gasteiger partial charge in [-0.25, -0.2) is 4.39 Å². The molecule has 3 nitrogen and oxygen atoms in total. The lowest BCUT2D eigenvalue weighted by atomic mass is 9.98. The van der Waals surface area contributed by atoms with Crippen molar-refractivity contribution < 1.29 is 9.13 Å². The van der Waals surface area contributed by atoms with Crippen LogP contribution >= 0.6 is 0 Å². The third-order valence-corrected chi connectivity index (χ3v) is 4.52. The molecule has 1 aromatic carbocycles. The quantitative estimate of drug-likeness (QED) is 0.867. The maximum absolute atomic E-state index is 13.7. The fourth-order valence-electron chi connectivity index (χ4n) is 3.20. The molecule has 3 rings (SSSR count). The van der Waals surface area contributed by atoms with Crippen LogP contribution in [0.3, 0.4) is 0 Å². The highest BCUT2D eigenvalue weighted by molar-refractivity contribution is 5.41. The third-order valence-electron chi connectivity index (χ3n) is 4.52. The molecule has 2 aliphatic rings. The minimum atomic E-state index is -0.256. The minimum absolute atomic E-state index is 0.256. The van der Waals surface area contributed by atoms with Crippen LogP contribution in [0.1, 0.15) is 30.7 Å². The lowest BCUT2D eigenvalue weighted by Crippen LogP contribution is -2.34. The second kappa shape index (κ2) is 6.10. The minimum Gasteiger partial charge on any atom is -0.493 e. The van der Waals surface area contributed by atoms with Gasteiger partial charge in [0, 0.05) is 17.5 Å². The molecular formula is C16H23FN2O. The first kappa shape index (κ1) is 13.8. The Bertz CT molecular complexity index is 460. The molecule has 0 amide bonds. The number of para-hydroxylation sites is 1. The molecule has 2 fully saturated rings. The molecule has 1 saturated carbocycles. The average Bonchev–Trinajstić information content (AvgIpc) is 3.25. The molecule has 110 valence electrons. The first-order chi connectivity index (χ1) is 9.79. The van der Waals surface area contributed by atoms with E-state index in [0.29, 0.717) is 17.7 Å². The van der Waals surface area contributed by atoms with Crippen molar-refractivity contribution in [3.05, 3.63) is 29.6 Å². The molecule has 0 bridgehead atoms.